The SMILES string of the molecule is CCC(c1ccc2ncncc2c1)n1cc(C(=O)N(C)CCCC2OC(=O)Nc3ccc(Cl)c(F)c32)cn1. The molecule has 2 aromatic carbocycles. The van der Waals surface area contributed by atoms with Crippen molar-refractivity contribution < 1.29 is 18.7 Å². The monoisotopic (exact) mass is 536 g/mol. The number of ether oxygens (including phenoxy) is 1. The summed E-state index contributed by atoms with van der Waals surface area (Å²) in [7, 11) is 1.69. The number of carbonyl (C=O) groups excluding carboxylic acids is 2. The fourth-order valence-corrected chi connectivity index (χ4v) is 4.93. The largest absolute Gasteiger partial charge is 0.441 e. The van der Waals surface area contributed by atoms with E-state index in [0.717, 1.165) is 22.9 Å². The second kappa shape index (κ2) is 10.7. The molecule has 0 spiro atoms. The quantitative estimate of drug-likeness (QED) is 0.306. The van der Waals surface area contributed by atoms with Crippen molar-refractivity contribution in [3.05, 3.63) is 82.8 Å². The highest BCUT2D eigenvalue weighted by molar-refractivity contribution is 6.31. The van der Waals surface area contributed by atoms with E-state index in [1.165, 1.54) is 12.4 Å². The van der Waals surface area contributed by atoms with Crippen molar-refractivity contribution in [3.63, 3.8) is 0 Å². The minimum atomic E-state index is -0.790. The van der Waals surface area contributed by atoms with Crippen molar-refractivity contribution in [2.75, 3.05) is 18.9 Å². The third kappa shape index (κ3) is 5.04. The van der Waals surface area contributed by atoms with Crippen molar-refractivity contribution in [2.45, 2.75) is 38.3 Å². The lowest BCUT2D eigenvalue weighted by Crippen LogP contribution is -2.29. The zero-order valence-electron chi connectivity index (χ0n) is 20.9. The summed E-state index contributed by atoms with van der Waals surface area (Å²) in [6.45, 7) is 2.44. The van der Waals surface area contributed by atoms with Gasteiger partial charge in [0.15, 0.2) is 5.82 Å². The average Bonchev–Trinajstić information content (AvgIpc) is 3.40. The lowest BCUT2D eigenvalue weighted by Gasteiger charge is -2.27. The number of hydrogen-bond donors (Lipinski definition) is 1. The first-order valence-corrected chi connectivity index (χ1v) is 12.7. The van der Waals surface area contributed by atoms with E-state index < -0.39 is 18.0 Å². The van der Waals surface area contributed by atoms with Gasteiger partial charge in [-0.2, -0.15) is 5.10 Å². The molecule has 0 saturated carbocycles. The summed E-state index contributed by atoms with van der Waals surface area (Å²) >= 11 is 5.93. The topological polar surface area (TPSA) is 102 Å². The molecule has 2 atom stereocenters. The lowest BCUT2D eigenvalue weighted by molar-refractivity contribution is 0.0759. The van der Waals surface area contributed by atoms with Gasteiger partial charge in [0.1, 0.15) is 12.4 Å². The van der Waals surface area contributed by atoms with Gasteiger partial charge >= 0.3 is 6.09 Å². The van der Waals surface area contributed by atoms with Gasteiger partial charge in [0.2, 0.25) is 0 Å². The summed E-state index contributed by atoms with van der Waals surface area (Å²) in [4.78, 5) is 34.9. The first-order chi connectivity index (χ1) is 18.4. The number of amides is 2. The van der Waals surface area contributed by atoms with Crippen LogP contribution in [0.25, 0.3) is 10.9 Å². The number of nitrogens with one attached hydrogen (secondary N) is 1. The van der Waals surface area contributed by atoms with Crippen LogP contribution in [0.15, 0.2) is 55.2 Å². The molecule has 2 unspecified atom stereocenters. The molecule has 2 amide bonds. The van der Waals surface area contributed by atoms with Crippen LogP contribution in [-0.2, 0) is 4.74 Å². The number of rotatable bonds is 8. The Labute approximate surface area is 223 Å². The van der Waals surface area contributed by atoms with Crippen LogP contribution >= 0.6 is 11.6 Å². The summed E-state index contributed by atoms with van der Waals surface area (Å²) in [5, 5.41) is 7.86. The smallest absolute Gasteiger partial charge is 0.412 e. The molecule has 9 nitrogen and oxygen atoms in total. The Hall–Kier alpha value is -4.05. The number of aromatic nitrogens is 4. The first kappa shape index (κ1) is 25.6. The van der Waals surface area contributed by atoms with Crippen molar-refractivity contribution in [1.29, 1.82) is 0 Å². The van der Waals surface area contributed by atoms with Crippen molar-refractivity contribution in [1.82, 2.24) is 24.6 Å². The van der Waals surface area contributed by atoms with Crippen LogP contribution in [0.1, 0.15) is 59.8 Å². The molecule has 4 aromatic rings. The predicted molar refractivity (Wildman–Crippen MR) is 141 cm³/mol. The van der Waals surface area contributed by atoms with Crippen molar-refractivity contribution in [2.24, 2.45) is 0 Å². The van der Waals surface area contributed by atoms with Crippen LogP contribution in [-0.4, -0.2) is 50.2 Å². The summed E-state index contributed by atoms with van der Waals surface area (Å²) in [6, 6.07) is 8.90. The molecule has 11 heteroatoms. The zero-order chi connectivity index (χ0) is 26.8. The van der Waals surface area contributed by atoms with Gasteiger partial charge in [0.25, 0.3) is 5.91 Å². The summed E-state index contributed by atoms with van der Waals surface area (Å²) in [6.07, 6.45) is 6.77. The van der Waals surface area contributed by atoms with Gasteiger partial charge in [-0.25, -0.2) is 19.2 Å². The Morgan fingerprint density at radius 3 is 2.95 bits per heavy atom. The van der Waals surface area contributed by atoms with Gasteiger partial charge in [-0.3, -0.25) is 14.8 Å². The zero-order valence-corrected chi connectivity index (χ0v) is 21.7. The van der Waals surface area contributed by atoms with E-state index in [0.29, 0.717) is 30.6 Å². The molecular formula is C27H26ClFN6O3. The number of carbonyl (C=O) groups is 2. The maximum atomic E-state index is 14.6. The molecular weight excluding hydrogens is 511 g/mol. The average molecular weight is 537 g/mol. The number of fused-ring (bicyclic) bond motifs is 2. The third-order valence-electron chi connectivity index (χ3n) is 6.72. The van der Waals surface area contributed by atoms with Crippen LogP contribution < -0.4 is 5.32 Å². The molecule has 196 valence electrons. The van der Waals surface area contributed by atoms with E-state index in [9.17, 15) is 14.0 Å². The van der Waals surface area contributed by atoms with E-state index >= 15 is 0 Å². The Balaban J connectivity index is 1.24. The normalized spacial score (nSPS) is 15.5. The van der Waals surface area contributed by atoms with Gasteiger partial charge in [0.05, 0.1) is 39.6 Å². The Morgan fingerprint density at radius 2 is 2.13 bits per heavy atom. The van der Waals surface area contributed by atoms with Gasteiger partial charge in [0, 0.05) is 31.4 Å². The summed E-state index contributed by atoms with van der Waals surface area (Å²) < 4.78 is 21.8. The number of halogens is 2. The maximum Gasteiger partial charge on any atom is 0.412 e. The third-order valence-corrected chi connectivity index (χ3v) is 7.01. The lowest BCUT2D eigenvalue weighted by atomic mass is 10.0. The molecule has 3 heterocycles. The number of hydrogen-bond acceptors (Lipinski definition) is 6. The van der Waals surface area contributed by atoms with Crippen LogP contribution in [0.5, 0.6) is 0 Å². The molecule has 2 aromatic heterocycles. The minimum absolute atomic E-state index is 0.0415. The second-order valence-electron chi connectivity index (χ2n) is 9.18. The molecule has 38 heavy (non-hydrogen) atoms. The summed E-state index contributed by atoms with van der Waals surface area (Å²) in [5.74, 6) is -0.801. The number of benzene rings is 2. The van der Waals surface area contributed by atoms with Crippen molar-refractivity contribution >= 4 is 40.2 Å². The maximum absolute atomic E-state index is 14.6. The number of anilines is 1. The minimum Gasteiger partial charge on any atom is -0.441 e. The predicted octanol–water partition coefficient (Wildman–Crippen LogP) is 5.77. The first-order valence-electron chi connectivity index (χ1n) is 12.3. The molecule has 0 aliphatic carbocycles. The van der Waals surface area contributed by atoms with E-state index in [-0.39, 0.29) is 22.5 Å². The Morgan fingerprint density at radius 1 is 1.29 bits per heavy atom. The molecule has 5 rings (SSSR count). The van der Waals surface area contributed by atoms with Gasteiger partial charge < -0.3 is 9.64 Å². The molecule has 0 bridgehead atoms. The molecule has 0 saturated heterocycles. The standard InChI is InChI=1S/C27H26ClFN6O3/c1-3-22(16-6-8-20-17(11-16)12-30-15-31-20)35-14-18(13-32-35)26(36)34(2)10-4-5-23-24-21(33-27(37)38-23)9-7-19(28)25(24)29/h6-9,11-15,22-23H,3-5,10H2,1-2H3,(H,33,37). The molecule has 1 aliphatic heterocycles. The fraction of sp³-hybridized carbons (Fsp3) is 0.296. The Bertz CT molecular complexity index is 1510. The molecule has 0 fully saturated rings. The molecule has 1 aliphatic rings. The molecule has 0 radical (unpaired) electrons. The molecule has 1 N–H and O–H groups in total. The van der Waals surface area contributed by atoms with E-state index in [4.69, 9.17) is 16.3 Å². The van der Waals surface area contributed by atoms with Crippen molar-refractivity contribution in [3.8, 4) is 0 Å². The van der Waals surface area contributed by atoms with Crippen LogP contribution in [0.2, 0.25) is 5.02 Å². The van der Waals surface area contributed by atoms with E-state index in [1.54, 1.807) is 41.3 Å². The fourth-order valence-electron chi connectivity index (χ4n) is 4.76. The van der Waals surface area contributed by atoms with E-state index in [2.05, 4.69) is 27.3 Å². The van der Waals surface area contributed by atoms with Crippen LogP contribution in [0.4, 0.5) is 14.9 Å². The van der Waals surface area contributed by atoms with Crippen LogP contribution in [0.3, 0.4) is 0 Å². The van der Waals surface area contributed by atoms with Gasteiger partial charge in [-0.15, -0.1) is 0 Å². The Kier molecular flexibility index (Phi) is 7.24. The summed E-state index contributed by atoms with van der Waals surface area (Å²) in [5.41, 5.74) is 2.94. The number of nitrogens with zero attached hydrogens (tertiary/aromatic N) is 5. The highest BCUT2D eigenvalue weighted by atomic mass is 35.5. The highest BCUT2D eigenvalue weighted by Gasteiger charge is 2.30. The van der Waals surface area contributed by atoms with Gasteiger partial charge in [-0.05, 0) is 49.1 Å². The second-order valence-corrected chi connectivity index (χ2v) is 9.59. The highest BCUT2D eigenvalue weighted by Crippen LogP contribution is 2.38. The van der Waals surface area contributed by atoms with Crippen LogP contribution in [0, 0.1) is 5.82 Å². The van der Waals surface area contributed by atoms with E-state index in [1.807, 2.05) is 18.2 Å². The van der Waals surface area contributed by atoms with Gasteiger partial charge in [-0.1, -0.05) is 24.6 Å². The number of cyclic esters (lactones) is 1.